The fourth-order valence-corrected chi connectivity index (χ4v) is 6.17. The first-order chi connectivity index (χ1) is 16.9. The van der Waals surface area contributed by atoms with Crippen LogP contribution in [0.3, 0.4) is 0 Å². The minimum absolute atomic E-state index is 0.0942. The van der Waals surface area contributed by atoms with Crippen LogP contribution in [0.15, 0.2) is 71.5 Å². The van der Waals surface area contributed by atoms with E-state index in [1.54, 1.807) is 0 Å². The highest BCUT2D eigenvalue weighted by Crippen LogP contribution is 2.69. The highest BCUT2D eigenvalue weighted by molar-refractivity contribution is 9.10. The van der Waals surface area contributed by atoms with Gasteiger partial charge in [-0.05, 0) is 36.1 Å². The Bertz CT molecular complexity index is 1280. The van der Waals surface area contributed by atoms with Crippen molar-refractivity contribution in [3.05, 3.63) is 88.2 Å². The molecule has 1 aliphatic heterocycles. The average molecular weight is 537 g/mol. The number of benzene rings is 2. The van der Waals surface area contributed by atoms with Gasteiger partial charge < -0.3 is 25.0 Å². The number of amides is 1. The Balaban J connectivity index is 1.66. The number of fused-ring (bicyclic) bond motifs is 3. The van der Waals surface area contributed by atoms with Crippen LogP contribution in [0, 0.1) is 5.92 Å². The van der Waals surface area contributed by atoms with Crippen LogP contribution < -0.4 is 14.8 Å². The van der Waals surface area contributed by atoms with E-state index in [2.05, 4.69) is 26.2 Å². The van der Waals surface area contributed by atoms with Gasteiger partial charge >= 0.3 is 0 Å². The molecule has 3 N–H and O–H groups in total. The zero-order valence-electron chi connectivity index (χ0n) is 19.0. The van der Waals surface area contributed by atoms with Crippen LogP contribution >= 0.6 is 15.9 Å². The van der Waals surface area contributed by atoms with Crippen LogP contribution in [0.1, 0.15) is 35.4 Å². The lowest BCUT2D eigenvalue weighted by Crippen LogP contribution is -2.52. The molecule has 2 fully saturated rings. The predicted octanol–water partition coefficient (Wildman–Crippen LogP) is 3.38. The molecule has 2 heterocycles. The Kier molecular flexibility index (Phi) is 5.18. The first-order valence-corrected chi connectivity index (χ1v) is 12.4. The van der Waals surface area contributed by atoms with Gasteiger partial charge in [0, 0.05) is 16.4 Å². The number of aromatic nitrogens is 1. The monoisotopic (exact) mass is 536 g/mol. The first kappa shape index (κ1) is 22.5. The van der Waals surface area contributed by atoms with E-state index in [0.717, 1.165) is 22.9 Å². The maximum atomic E-state index is 13.7. The average Bonchev–Trinajstić information content (AvgIpc) is 3.61. The number of pyridine rings is 1. The molecule has 8 heteroatoms. The number of hydrogen-bond acceptors (Lipinski definition) is 6. The van der Waals surface area contributed by atoms with E-state index in [4.69, 9.17) is 9.47 Å². The van der Waals surface area contributed by atoms with Gasteiger partial charge in [0.15, 0.2) is 11.2 Å². The molecular formula is C27H25BrN2O5. The number of rotatable bonds is 5. The molecule has 3 aromatic rings. The van der Waals surface area contributed by atoms with Crippen molar-refractivity contribution in [2.45, 2.75) is 42.1 Å². The van der Waals surface area contributed by atoms with Gasteiger partial charge in [-0.3, -0.25) is 9.78 Å². The van der Waals surface area contributed by atoms with E-state index in [-0.39, 0.29) is 17.7 Å². The van der Waals surface area contributed by atoms with Gasteiger partial charge in [0.05, 0.1) is 31.0 Å². The maximum absolute atomic E-state index is 13.7. The molecule has 0 bridgehead atoms. The van der Waals surface area contributed by atoms with Crippen LogP contribution in [-0.2, 0) is 16.0 Å². The summed E-state index contributed by atoms with van der Waals surface area (Å²) in [5.41, 5.74) is -1.79. The minimum atomic E-state index is -1.99. The normalized spacial score (nSPS) is 30.8. The number of carbonyl (C=O) groups excluding carboxylic acids is 1. The molecule has 0 spiro atoms. The van der Waals surface area contributed by atoms with Crippen LogP contribution in [-0.4, -0.2) is 40.4 Å². The molecule has 0 radical (unpaired) electrons. The van der Waals surface area contributed by atoms with E-state index in [1.165, 1.54) is 19.5 Å². The highest BCUT2D eigenvalue weighted by Gasteiger charge is 2.78. The fourth-order valence-electron chi connectivity index (χ4n) is 5.91. The van der Waals surface area contributed by atoms with Crippen molar-refractivity contribution in [2.75, 3.05) is 7.11 Å². The molecule has 2 saturated carbocycles. The van der Waals surface area contributed by atoms with Crippen molar-refractivity contribution >= 4 is 21.8 Å². The summed E-state index contributed by atoms with van der Waals surface area (Å²) in [4.78, 5) is 17.9. The third-order valence-electron chi connectivity index (χ3n) is 7.54. The van der Waals surface area contributed by atoms with Gasteiger partial charge in [-0.25, -0.2) is 0 Å². The summed E-state index contributed by atoms with van der Waals surface area (Å²) in [6.45, 7) is 0. The number of methoxy groups -OCH3 is 1. The third kappa shape index (κ3) is 3.09. The van der Waals surface area contributed by atoms with Crippen molar-refractivity contribution in [1.82, 2.24) is 10.3 Å². The standard InChI is InChI=1S/C27H25BrN2O5/c1-34-19-13-29-14-20-23(19)26(33)24(31)21(25(32)30-18-11-12-18)22(15-5-3-2-4-6-15)27(26,35-20)16-7-9-17(28)10-8-16/h2-10,13-14,18,21-22,24,31,33H,11-12H2,1H3,(H,30,32)/t21-,22-,24-,26?,27+/m1/s1. The quantitative estimate of drug-likeness (QED) is 0.462. The molecule has 1 unspecified atom stereocenters. The summed E-state index contributed by atoms with van der Waals surface area (Å²) in [6.07, 6.45) is 3.34. The summed E-state index contributed by atoms with van der Waals surface area (Å²) >= 11 is 3.48. The SMILES string of the molecule is COc1cncc2c1C1(O)[C@H](O)[C@H](C(=O)NC3CC3)[C@@H](c3ccccc3)[C@]1(c1ccc(Br)cc1)O2. The molecule has 180 valence electrons. The maximum Gasteiger partial charge on any atom is 0.226 e. The largest absolute Gasteiger partial charge is 0.495 e. The second-order valence-corrected chi connectivity index (χ2v) is 10.4. The number of aliphatic hydroxyl groups excluding tert-OH is 1. The number of nitrogens with one attached hydrogen (secondary N) is 1. The molecule has 1 aromatic heterocycles. The molecule has 2 aromatic carbocycles. The zero-order chi connectivity index (χ0) is 24.4. The molecule has 2 aliphatic carbocycles. The highest BCUT2D eigenvalue weighted by atomic mass is 79.9. The van der Waals surface area contributed by atoms with E-state index in [0.29, 0.717) is 16.9 Å². The second-order valence-electron chi connectivity index (χ2n) is 9.47. The van der Waals surface area contributed by atoms with E-state index >= 15 is 0 Å². The zero-order valence-corrected chi connectivity index (χ0v) is 20.6. The van der Waals surface area contributed by atoms with Gasteiger partial charge in [-0.1, -0.05) is 58.4 Å². The van der Waals surface area contributed by atoms with Crippen LogP contribution in [0.25, 0.3) is 0 Å². The molecular weight excluding hydrogens is 512 g/mol. The van der Waals surface area contributed by atoms with Gasteiger partial charge in [-0.2, -0.15) is 0 Å². The molecule has 5 atom stereocenters. The van der Waals surface area contributed by atoms with Crippen molar-refractivity contribution in [2.24, 2.45) is 5.92 Å². The van der Waals surface area contributed by atoms with Gasteiger partial charge in [0.2, 0.25) is 5.91 Å². The predicted molar refractivity (Wildman–Crippen MR) is 131 cm³/mol. The number of nitrogens with zero attached hydrogens (tertiary/aromatic N) is 1. The van der Waals surface area contributed by atoms with Crippen LogP contribution in [0.2, 0.25) is 0 Å². The summed E-state index contributed by atoms with van der Waals surface area (Å²) < 4.78 is 13.1. The molecule has 35 heavy (non-hydrogen) atoms. The van der Waals surface area contributed by atoms with Crippen molar-refractivity contribution in [3.63, 3.8) is 0 Å². The van der Waals surface area contributed by atoms with E-state index in [1.807, 2.05) is 54.6 Å². The molecule has 6 rings (SSSR count). The number of carbonyl (C=O) groups is 1. The topological polar surface area (TPSA) is 101 Å². The Labute approximate surface area is 211 Å². The lowest BCUT2D eigenvalue weighted by Gasteiger charge is -2.40. The van der Waals surface area contributed by atoms with Crippen molar-refractivity contribution < 1.29 is 24.5 Å². The second kappa shape index (κ2) is 8.05. The summed E-state index contributed by atoms with van der Waals surface area (Å²) in [5.74, 6) is -1.38. The number of aliphatic hydroxyl groups is 2. The fraction of sp³-hybridized carbons (Fsp3) is 0.333. The Morgan fingerprint density at radius 2 is 1.86 bits per heavy atom. The Hall–Kier alpha value is -2.94. The first-order valence-electron chi connectivity index (χ1n) is 11.6. The van der Waals surface area contributed by atoms with Crippen molar-refractivity contribution in [1.29, 1.82) is 0 Å². The van der Waals surface area contributed by atoms with Gasteiger partial charge in [-0.15, -0.1) is 0 Å². The smallest absolute Gasteiger partial charge is 0.226 e. The number of hydrogen-bond donors (Lipinski definition) is 3. The lowest BCUT2D eigenvalue weighted by atomic mass is 9.70. The van der Waals surface area contributed by atoms with E-state index in [9.17, 15) is 15.0 Å². The Morgan fingerprint density at radius 1 is 1.14 bits per heavy atom. The van der Waals surface area contributed by atoms with Crippen LogP contribution in [0.5, 0.6) is 11.5 Å². The van der Waals surface area contributed by atoms with Gasteiger partial charge in [0.1, 0.15) is 17.6 Å². The summed E-state index contributed by atoms with van der Waals surface area (Å²) in [7, 11) is 1.48. The molecule has 7 nitrogen and oxygen atoms in total. The molecule has 3 aliphatic rings. The third-order valence-corrected chi connectivity index (χ3v) is 8.07. The lowest BCUT2D eigenvalue weighted by molar-refractivity contribution is -0.154. The van der Waals surface area contributed by atoms with Crippen molar-refractivity contribution in [3.8, 4) is 11.5 Å². The number of halogens is 1. The van der Waals surface area contributed by atoms with Gasteiger partial charge in [0.25, 0.3) is 0 Å². The van der Waals surface area contributed by atoms with E-state index < -0.39 is 29.1 Å². The molecule has 0 saturated heterocycles. The summed E-state index contributed by atoms with van der Waals surface area (Å²) in [5, 5.41) is 27.6. The minimum Gasteiger partial charge on any atom is -0.495 e. The molecule has 1 amide bonds. The Morgan fingerprint density at radius 3 is 2.51 bits per heavy atom. The summed E-state index contributed by atoms with van der Waals surface area (Å²) in [6, 6.07) is 17.0. The van der Waals surface area contributed by atoms with Crippen LogP contribution in [0.4, 0.5) is 0 Å². The number of ether oxygens (including phenoxy) is 2.